The first-order valence-electron chi connectivity index (χ1n) is 12.6. The average molecular weight is 509 g/mol. The average Bonchev–Trinajstić information content (AvgIpc) is 3.12. The molecule has 1 atom stereocenters. The van der Waals surface area contributed by atoms with Gasteiger partial charge in [0.05, 0.1) is 23.8 Å². The molecule has 2 aliphatic rings. The second-order valence-corrected chi connectivity index (χ2v) is 9.28. The van der Waals surface area contributed by atoms with Crippen LogP contribution in [0.2, 0.25) is 0 Å². The third-order valence-corrected chi connectivity index (χ3v) is 6.93. The van der Waals surface area contributed by atoms with E-state index < -0.39 is 17.8 Å². The Morgan fingerprint density at radius 2 is 1.78 bits per heavy atom. The maximum atomic E-state index is 14.2. The molecule has 37 heavy (non-hydrogen) atoms. The molecule has 0 radical (unpaired) electrons. The van der Waals surface area contributed by atoms with Gasteiger partial charge in [0.2, 0.25) is 0 Å². The van der Waals surface area contributed by atoms with Gasteiger partial charge in [-0.1, -0.05) is 36.4 Å². The Bertz CT molecular complexity index is 1210. The zero-order chi connectivity index (χ0) is 26.5. The van der Waals surface area contributed by atoms with Gasteiger partial charge in [0.15, 0.2) is 0 Å². The molecular formula is C28H33FN4O4. The molecule has 1 N–H and O–H groups in total. The molecule has 0 spiro atoms. The Hall–Kier alpha value is -3.72. The number of halogens is 1. The van der Waals surface area contributed by atoms with Crippen LogP contribution < -0.4 is 5.32 Å². The number of carbonyl (C=O) groups is 3. The lowest BCUT2D eigenvalue weighted by Crippen LogP contribution is -2.49. The highest BCUT2D eigenvalue weighted by Gasteiger charge is 2.38. The van der Waals surface area contributed by atoms with Crippen molar-refractivity contribution in [3.63, 3.8) is 0 Å². The van der Waals surface area contributed by atoms with Crippen LogP contribution in [0.3, 0.4) is 0 Å². The minimum Gasteiger partial charge on any atom is -0.463 e. The van der Waals surface area contributed by atoms with Crippen molar-refractivity contribution in [1.82, 2.24) is 20.0 Å². The van der Waals surface area contributed by atoms with Gasteiger partial charge in [-0.25, -0.2) is 14.0 Å². The van der Waals surface area contributed by atoms with E-state index in [2.05, 4.69) is 10.2 Å². The molecule has 1 fully saturated rings. The smallest absolute Gasteiger partial charge is 0.338 e. The van der Waals surface area contributed by atoms with Gasteiger partial charge in [-0.05, 0) is 43.5 Å². The summed E-state index contributed by atoms with van der Waals surface area (Å²) in [5.74, 6) is -1.33. The minimum atomic E-state index is -0.634. The lowest BCUT2D eigenvalue weighted by Gasteiger charge is -2.37. The second kappa shape index (κ2) is 11.6. The first-order valence-corrected chi connectivity index (χ1v) is 12.6. The van der Waals surface area contributed by atoms with E-state index >= 15 is 0 Å². The number of nitrogens with zero attached hydrogens (tertiary/aromatic N) is 3. The minimum absolute atomic E-state index is 0.0630. The van der Waals surface area contributed by atoms with Crippen molar-refractivity contribution in [1.29, 1.82) is 0 Å². The molecule has 8 nitrogen and oxygen atoms in total. The van der Waals surface area contributed by atoms with Crippen molar-refractivity contribution in [3.05, 3.63) is 82.3 Å². The number of carbonyl (C=O) groups excluding carboxylic acids is 3. The van der Waals surface area contributed by atoms with Crippen molar-refractivity contribution in [2.24, 2.45) is 0 Å². The van der Waals surface area contributed by atoms with Gasteiger partial charge >= 0.3 is 12.0 Å². The quantitative estimate of drug-likeness (QED) is 0.604. The van der Waals surface area contributed by atoms with Gasteiger partial charge in [0, 0.05) is 45.5 Å². The van der Waals surface area contributed by atoms with Crippen LogP contribution in [0.15, 0.2) is 59.8 Å². The number of hydrogen-bond acceptors (Lipinski definition) is 5. The van der Waals surface area contributed by atoms with Crippen LogP contribution in [0.25, 0.3) is 0 Å². The van der Waals surface area contributed by atoms with Crippen molar-refractivity contribution in [2.75, 3.05) is 46.4 Å². The van der Waals surface area contributed by atoms with E-state index in [1.807, 2.05) is 31.2 Å². The van der Waals surface area contributed by atoms with Crippen LogP contribution in [-0.4, -0.2) is 79.0 Å². The topological polar surface area (TPSA) is 82.2 Å². The van der Waals surface area contributed by atoms with Gasteiger partial charge in [-0.15, -0.1) is 0 Å². The number of rotatable bonds is 6. The predicted molar refractivity (Wildman–Crippen MR) is 137 cm³/mol. The summed E-state index contributed by atoms with van der Waals surface area (Å²) >= 11 is 0. The summed E-state index contributed by atoms with van der Waals surface area (Å²) in [6.07, 6.45) is 0.680. The van der Waals surface area contributed by atoms with Crippen molar-refractivity contribution >= 4 is 17.9 Å². The standard InChI is InChI=1S/C28H33FN4O4/c1-4-37-27(35)24-23(31(3)28(36)30-25(24)20-11-6-5-10-19(20)2)18-32-14-9-15-33(17-16-32)26(34)21-12-7-8-13-22(21)29/h5-8,10-13,25H,4,9,14-18H2,1-3H3,(H,30,36)/t25-/m0/s1. The molecule has 0 aromatic heterocycles. The highest BCUT2D eigenvalue weighted by Crippen LogP contribution is 2.33. The van der Waals surface area contributed by atoms with Crippen LogP contribution in [0.1, 0.15) is 40.9 Å². The fraction of sp³-hybridized carbons (Fsp3) is 0.393. The van der Waals surface area contributed by atoms with Crippen molar-refractivity contribution in [2.45, 2.75) is 26.3 Å². The van der Waals surface area contributed by atoms with E-state index in [0.29, 0.717) is 50.4 Å². The van der Waals surface area contributed by atoms with Crippen LogP contribution in [0, 0.1) is 12.7 Å². The van der Waals surface area contributed by atoms with Gasteiger partial charge in [0.1, 0.15) is 5.82 Å². The molecule has 0 saturated carbocycles. The number of esters is 1. The molecule has 196 valence electrons. The fourth-order valence-electron chi connectivity index (χ4n) is 4.89. The summed E-state index contributed by atoms with van der Waals surface area (Å²) in [5.41, 5.74) is 2.83. The second-order valence-electron chi connectivity index (χ2n) is 9.28. The number of hydrogen-bond donors (Lipinski definition) is 1. The molecule has 2 heterocycles. The molecule has 0 bridgehead atoms. The number of nitrogens with one attached hydrogen (secondary N) is 1. The van der Waals surface area contributed by atoms with Crippen LogP contribution >= 0.6 is 0 Å². The summed E-state index contributed by atoms with van der Waals surface area (Å²) in [4.78, 5) is 44.4. The zero-order valence-corrected chi connectivity index (χ0v) is 21.5. The SMILES string of the molecule is CCOC(=O)C1=C(CN2CCCN(C(=O)c3ccccc3F)CC2)N(C)C(=O)N[C@H]1c1ccccc1C. The van der Waals surface area contributed by atoms with Crippen LogP contribution in [0.4, 0.5) is 9.18 Å². The van der Waals surface area contributed by atoms with Crippen LogP contribution in [-0.2, 0) is 9.53 Å². The summed E-state index contributed by atoms with van der Waals surface area (Å²) in [6.45, 7) is 6.32. The summed E-state index contributed by atoms with van der Waals surface area (Å²) < 4.78 is 19.6. The van der Waals surface area contributed by atoms with Crippen molar-refractivity contribution < 1.29 is 23.5 Å². The van der Waals surface area contributed by atoms with E-state index in [1.54, 1.807) is 31.0 Å². The molecule has 0 unspecified atom stereocenters. The molecule has 2 aromatic carbocycles. The molecule has 0 aliphatic carbocycles. The molecule has 4 rings (SSSR count). The van der Waals surface area contributed by atoms with E-state index in [0.717, 1.165) is 11.1 Å². The lowest BCUT2D eigenvalue weighted by atomic mass is 9.91. The van der Waals surface area contributed by atoms with Crippen molar-refractivity contribution in [3.8, 4) is 0 Å². The summed E-state index contributed by atoms with van der Waals surface area (Å²) in [6, 6.07) is 12.7. The summed E-state index contributed by atoms with van der Waals surface area (Å²) in [7, 11) is 1.64. The third-order valence-electron chi connectivity index (χ3n) is 6.93. The van der Waals surface area contributed by atoms with E-state index in [4.69, 9.17) is 4.74 Å². The maximum absolute atomic E-state index is 14.2. The van der Waals surface area contributed by atoms with Crippen LogP contribution in [0.5, 0.6) is 0 Å². The highest BCUT2D eigenvalue weighted by atomic mass is 19.1. The number of likely N-dealkylation sites (N-methyl/N-ethyl adjacent to an activating group) is 1. The van der Waals surface area contributed by atoms with Gasteiger partial charge in [-0.2, -0.15) is 0 Å². The van der Waals surface area contributed by atoms with E-state index in [1.165, 1.54) is 17.0 Å². The van der Waals surface area contributed by atoms with E-state index in [9.17, 15) is 18.8 Å². The Kier molecular flexibility index (Phi) is 8.23. The number of urea groups is 1. The third kappa shape index (κ3) is 5.67. The van der Waals surface area contributed by atoms with E-state index in [-0.39, 0.29) is 24.1 Å². The highest BCUT2D eigenvalue weighted by molar-refractivity contribution is 5.95. The van der Waals surface area contributed by atoms with Gasteiger partial charge in [-0.3, -0.25) is 14.6 Å². The maximum Gasteiger partial charge on any atom is 0.338 e. The largest absolute Gasteiger partial charge is 0.463 e. The molecule has 3 amide bonds. The molecule has 1 saturated heterocycles. The monoisotopic (exact) mass is 508 g/mol. The number of amides is 3. The lowest BCUT2D eigenvalue weighted by molar-refractivity contribution is -0.139. The molecular weight excluding hydrogens is 475 g/mol. The van der Waals surface area contributed by atoms with Gasteiger partial charge < -0.3 is 15.0 Å². The summed E-state index contributed by atoms with van der Waals surface area (Å²) in [5, 5.41) is 2.96. The Morgan fingerprint density at radius 1 is 1.05 bits per heavy atom. The first kappa shape index (κ1) is 26.3. The first-order chi connectivity index (χ1) is 17.8. The van der Waals surface area contributed by atoms with Gasteiger partial charge in [0.25, 0.3) is 5.91 Å². The fourth-order valence-corrected chi connectivity index (χ4v) is 4.89. The predicted octanol–water partition coefficient (Wildman–Crippen LogP) is 3.50. The Morgan fingerprint density at radius 3 is 2.51 bits per heavy atom. The normalized spacial score (nSPS) is 18.9. The number of benzene rings is 2. The number of aryl methyl sites for hydroxylation is 1. The molecule has 2 aromatic rings. The molecule has 9 heteroatoms. The number of ether oxygens (including phenoxy) is 1. The molecule has 2 aliphatic heterocycles. The zero-order valence-electron chi connectivity index (χ0n) is 21.5. The Balaban J connectivity index is 1.61. The Labute approximate surface area is 216 Å².